The molecule has 0 radical (unpaired) electrons. The predicted molar refractivity (Wildman–Crippen MR) is 71.4 cm³/mol. The van der Waals surface area contributed by atoms with Crippen LogP contribution in [-0.4, -0.2) is 38.3 Å². The number of rotatable bonds is 5. The number of ether oxygens (including phenoxy) is 1. The third kappa shape index (κ3) is 3.95. The van der Waals surface area contributed by atoms with Crippen LogP contribution in [0.1, 0.15) is 39.0 Å². The van der Waals surface area contributed by atoms with Crippen LogP contribution in [0.15, 0.2) is 0 Å². The summed E-state index contributed by atoms with van der Waals surface area (Å²) in [5.41, 5.74) is 0. The number of hydrogen-bond donors (Lipinski definition) is 2. The number of carbonyl (C=O) groups is 1. The van der Waals surface area contributed by atoms with E-state index in [1.165, 1.54) is 32.1 Å². The standard InChI is InChI=1S/C14H26N2O2/c1-11-9-15-10-13(11)14(17)16-7-8-18-12-5-3-2-4-6-12/h11-13,15H,2-10H2,1H3,(H,16,17). The van der Waals surface area contributed by atoms with Gasteiger partial charge in [0, 0.05) is 13.1 Å². The van der Waals surface area contributed by atoms with Gasteiger partial charge in [0.15, 0.2) is 0 Å². The number of hydrogen-bond acceptors (Lipinski definition) is 3. The van der Waals surface area contributed by atoms with Gasteiger partial charge in [0.2, 0.25) is 5.91 Å². The summed E-state index contributed by atoms with van der Waals surface area (Å²) in [5, 5.41) is 6.24. The Bertz CT molecular complexity index is 265. The first kappa shape index (κ1) is 13.8. The highest BCUT2D eigenvalue weighted by Crippen LogP contribution is 2.20. The summed E-state index contributed by atoms with van der Waals surface area (Å²) in [5.74, 6) is 0.767. The summed E-state index contributed by atoms with van der Waals surface area (Å²) in [4.78, 5) is 11.9. The Morgan fingerprint density at radius 1 is 1.28 bits per heavy atom. The van der Waals surface area contributed by atoms with Gasteiger partial charge in [-0.3, -0.25) is 4.79 Å². The van der Waals surface area contributed by atoms with E-state index in [0.29, 0.717) is 25.2 Å². The Labute approximate surface area is 110 Å². The predicted octanol–water partition coefficient (Wildman–Crippen LogP) is 1.31. The molecule has 2 rings (SSSR count). The highest BCUT2D eigenvalue weighted by Gasteiger charge is 2.29. The van der Waals surface area contributed by atoms with Crippen molar-refractivity contribution in [3.63, 3.8) is 0 Å². The van der Waals surface area contributed by atoms with Gasteiger partial charge < -0.3 is 15.4 Å². The average molecular weight is 254 g/mol. The van der Waals surface area contributed by atoms with E-state index in [9.17, 15) is 4.79 Å². The van der Waals surface area contributed by atoms with Gasteiger partial charge in [-0.15, -0.1) is 0 Å². The molecule has 0 aromatic heterocycles. The Morgan fingerprint density at radius 2 is 2.06 bits per heavy atom. The fourth-order valence-electron chi connectivity index (χ4n) is 2.92. The molecule has 1 heterocycles. The van der Waals surface area contributed by atoms with E-state index in [-0.39, 0.29) is 11.8 Å². The van der Waals surface area contributed by atoms with E-state index in [2.05, 4.69) is 17.6 Å². The summed E-state index contributed by atoms with van der Waals surface area (Å²) >= 11 is 0. The second kappa shape index (κ2) is 7.10. The number of carbonyl (C=O) groups excluding carboxylic acids is 1. The molecule has 2 aliphatic rings. The van der Waals surface area contributed by atoms with E-state index in [1.807, 2.05) is 0 Å². The van der Waals surface area contributed by atoms with E-state index in [0.717, 1.165) is 13.1 Å². The molecule has 2 unspecified atom stereocenters. The lowest BCUT2D eigenvalue weighted by Crippen LogP contribution is -2.36. The van der Waals surface area contributed by atoms with Gasteiger partial charge >= 0.3 is 0 Å². The zero-order valence-electron chi connectivity index (χ0n) is 11.4. The van der Waals surface area contributed by atoms with Gasteiger partial charge in [-0.2, -0.15) is 0 Å². The maximum atomic E-state index is 11.9. The first-order chi connectivity index (χ1) is 8.77. The van der Waals surface area contributed by atoms with Crippen molar-refractivity contribution in [3.05, 3.63) is 0 Å². The first-order valence-electron chi connectivity index (χ1n) is 7.37. The first-order valence-corrected chi connectivity index (χ1v) is 7.37. The molecule has 1 saturated heterocycles. The van der Waals surface area contributed by atoms with Gasteiger partial charge in [0.25, 0.3) is 0 Å². The molecule has 18 heavy (non-hydrogen) atoms. The third-order valence-electron chi connectivity index (χ3n) is 4.16. The molecule has 0 spiro atoms. The van der Waals surface area contributed by atoms with E-state index >= 15 is 0 Å². The van der Waals surface area contributed by atoms with Crippen LogP contribution < -0.4 is 10.6 Å². The van der Waals surface area contributed by atoms with Gasteiger partial charge in [0.1, 0.15) is 0 Å². The largest absolute Gasteiger partial charge is 0.376 e. The molecule has 0 aromatic rings. The Balaban J connectivity index is 1.56. The van der Waals surface area contributed by atoms with Crippen molar-refractivity contribution in [1.29, 1.82) is 0 Å². The van der Waals surface area contributed by atoms with Crippen molar-refractivity contribution >= 4 is 5.91 Å². The van der Waals surface area contributed by atoms with Crippen LogP contribution in [0.4, 0.5) is 0 Å². The molecule has 4 heteroatoms. The van der Waals surface area contributed by atoms with Crippen LogP contribution in [0.2, 0.25) is 0 Å². The normalized spacial score (nSPS) is 29.4. The lowest BCUT2D eigenvalue weighted by Gasteiger charge is -2.22. The molecule has 2 N–H and O–H groups in total. The summed E-state index contributed by atoms with van der Waals surface area (Å²) in [6.45, 7) is 5.21. The molecule has 0 aromatic carbocycles. The Kier molecular flexibility index (Phi) is 5.45. The van der Waals surface area contributed by atoms with E-state index < -0.39 is 0 Å². The van der Waals surface area contributed by atoms with Gasteiger partial charge in [-0.1, -0.05) is 26.2 Å². The molecule has 1 saturated carbocycles. The fourth-order valence-corrected chi connectivity index (χ4v) is 2.92. The van der Waals surface area contributed by atoms with Crippen LogP contribution in [0.3, 0.4) is 0 Å². The minimum absolute atomic E-state index is 0.139. The number of amides is 1. The van der Waals surface area contributed by atoms with Crippen molar-refractivity contribution in [3.8, 4) is 0 Å². The van der Waals surface area contributed by atoms with Gasteiger partial charge in [-0.05, 0) is 25.3 Å². The highest BCUT2D eigenvalue weighted by molar-refractivity contribution is 5.79. The molecule has 1 aliphatic heterocycles. The van der Waals surface area contributed by atoms with E-state index in [1.54, 1.807) is 0 Å². The van der Waals surface area contributed by atoms with Crippen LogP contribution >= 0.6 is 0 Å². The maximum absolute atomic E-state index is 11.9. The molecule has 4 nitrogen and oxygen atoms in total. The molecule has 104 valence electrons. The van der Waals surface area contributed by atoms with Crippen molar-refractivity contribution < 1.29 is 9.53 Å². The second-order valence-electron chi connectivity index (χ2n) is 5.66. The van der Waals surface area contributed by atoms with Crippen molar-refractivity contribution in [2.45, 2.75) is 45.1 Å². The lowest BCUT2D eigenvalue weighted by atomic mass is 9.97. The summed E-state index contributed by atoms with van der Waals surface area (Å²) in [6.07, 6.45) is 6.76. The summed E-state index contributed by atoms with van der Waals surface area (Å²) < 4.78 is 5.79. The van der Waals surface area contributed by atoms with Gasteiger partial charge in [0.05, 0.1) is 18.6 Å². The lowest BCUT2D eigenvalue weighted by molar-refractivity contribution is -0.125. The van der Waals surface area contributed by atoms with Crippen molar-refractivity contribution in [2.24, 2.45) is 11.8 Å². The summed E-state index contributed by atoms with van der Waals surface area (Å²) in [6, 6.07) is 0. The average Bonchev–Trinajstić information content (AvgIpc) is 2.82. The minimum atomic E-state index is 0.139. The Hall–Kier alpha value is -0.610. The number of nitrogens with one attached hydrogen (secondary N) is 2. The monoisotopic (exact) mass is 254 g/mol. The zero-order chi connectivity index (χ0) is 12.8. The molecule has 0 bridgehead atoms. The minimum Gasteiger partial charge on any atom is -0.376 e. The third-order valence-corrected chi connectivity index (χ3v) is 4.16. The van der Waals surface area contributed by atoms with Crippen LogP contribution in [0.5, 0.6) is 0 Å². The van der Waals surface area contributed by atoms with Crippen LogP contribution in [-0.2, 0) is 9.53 Å². The molecule has 1 aliphatic carbocycles. The second-order valence-corrected chi connectivity index (χ2v) is 5.66. The molecule has 2 fully saturated rings. The van der Waals surface area contributed by atoms with Crippen molar-refractivity contribution in [1.82, 2.24) is 10.6 Å². The molecular formula is C14H26N2O2. The van der Waals surface area contributed by atoms with E-state index in [4.69, 9.17) is 4.74 Å². The molecule has 1 amide bonds. The fraction of sp³-hybridized carbons (Fsp3) is 0.929. The van der Waals surface area contributed by atoms with Crippen LogP contribution in [0.25, 0.3) is 0 Å². The summed E-state index contributed by atoms with van der Waals surface area (Å²) in [7, 11) is 0. The molecule has 2 atom stereocenters. The smallest absolute Gasteiger partial charge is 0.224 e. The topological polar surface area (TPSA) is 50.4 Å². The Morgan fingerprint density at radius 3 is 2.72 bits per heavy atom. The quantitative estimate of drug-likeness (QED) is 0.727. The highest BCUT2D eigenvalue weighted by atomic mass is 16.5. The SMILES string of the molecule is CC1CNCC1C(=O)NCCOC1CCCCC1. The molecular weight excluding hydrogens is 228 g/mol. The van der Waals surface area contributed by atoms with Crippen LogP contribution in [0, 0.1) is 11.8 Å². The zero-order valence-corrected chi connectivity index (χ0v) is 11.4. The maximum Gasteiger partial charge on any atom is 0.224 e. The van der Waals surface area contributed by atoms with Gasteiger partial charge in [-0.25, -0.2) is 0 Å². The van der Waals surface area contributed by atoms with Crippen molar-refractivity contribution in [2.75, 3.05) is 26.2 Å².